The van der Waals surface area contributed by atoms with E-state index in [1.54, 1.807) is 21.3 Å². The van der Waals surface area contributed by atoms with Gasteiger partial charge in [0.15, 0.2) is 0 Å². The zero-order valence-electron chi connectivity index (χ0n) is 17.7. The lowest BCUT2D eigenvalue weighted by atomic mass is 10.0. The molecule has 0 N–H and O–H groups in total. The Kier molecular flexibility index (Phi) is 9.71. The summed E-state index contributed by atoms with van der Waals surface area (Å²) in [6.07, 6.45) is 1.03. The van der Waals surface area contributed by atoms with Crippen molar-refractivity contribution >= 4 is 20.6 Å². The van der Waals surface area contributed by atoms with Gasteiger partial charge in [0.05, 0.1) is 0 Å². The zero-order chi connectivity index (χ0) is 20.4. The minimum absolute atomic E-state index is 0.853. The molecule has 28 heavy (non-hydrogen) atoms. The maximum atomic E-state index is 5.47. The summed E-state index contributed by atoms with van der Waals surface area (Å²) in [6.45, 7) is 0.971. The van der Waals surface area contributed by atoms with Crippen LogP contribution in [0.25, 0.3) is 11.1 Å². The minimum atomic E-state index is -2.42. The monoisotopic (exact) mass is 419 g/mol. The van der Waals surface area contributed by atoms with Crippen molar-refractivity contribution < 1.29 is 13.3 Å². The predicted molar refractivity (Wildman–Crippen MR) is 122 cm³/mol. The van der Waals surface area contributed by atoms with Crippen LogP contribution >= 0.6 is 11.8 Å². The first-order chi connectivity index (χ1) is 13.5. The Bertz CT molecular complexity index is 680. The highest BCUT2D eigenvalue weighted by Crippen LogP contribution is 2.23. The molecule has 0 aromatic heterocycles. The fraction of sp³-hybridized carbons (Fsp3) is 0.455. The number of hydrogen-bond donors (Lipinski definition) is 0. The van der Waals surface area contributed by atoms with Crippen molar-refractivity contribution in [3.63, 3.8) is 0 Å². The van der Waals surface area contributed by atoms with E-state index in [0.717, 1.165) is 30.5 Å². The van der Waals surface area contributed by atoms with E-state index in [1.807, 2.05) is 11.8 Å². The summed E-state index contributed by atoms with van der Waals surface area (Å²) in [4.78, 5) is 2.18. The third-order valence-corrected chi connectivity index (χ3v) is 8.66. The topological polar surface area (TPSA) is 30.9 Å². The minimum Gasteiger partial charge on any atom is -0.377 e. The molecule has 0 bridgehead atoms. The van der Waals surface area contributed by atoms with Gasteiger partial charge in [-0.25, -0.2) is 0 Å². The van der Waals surface area contributed by atoms with E-state index < -0.39 is 8.80 Å². The largest absolute Gasteiger partial charge is 0.500 e. The van der Waals surface area contributed by atoms with Gasteiger partial charge in [0.2, 0.25) is 0 Å². The molecule has 2 rings (SSSR count). The Morgan fingerprint density at radius 3 is 1.75 bits per heavy atom. The maximum absolute atomic E-state index is 5.47. The Hall–Kier alpha value is -1.15. The summed E-state index contributed by atoms with van der Waals surface area (Å²) >= 11 is 1.94. The van der Waals surface area contributed by atoms with Gasteiger partial charge in [-0.05, 0) is 48.5 Å². The van der Waals surface area contributed by atoms with Crippen LogP contribution in [0.5, 0.6) is 0 Å². The Morgan fingerprint density at radius 1 is 0.786 bits per heavy atom. The van der Waals surface area contributed by atoms with Crippen molar-refractivity contribution in [2.75, 3.05) is 41.2 Å². The molecule has 0 spiro atoms. The van der Waals surface area contributed by atoms with Gasteiger partial charge >= 0.3 is 8.80 Å². The van der Waals surface area contributed by atoms with Crippen molar-refractivity contribution in [1.82, 2.24) is 4.90 Å². The van der Waals surface area contributed by atoms with E-state index >= 15 is 0 Å². The molecular formula is C22H33NO3SSi. The van der Waals surface area contributed by atoms with E-state index in [2.05, 4.69) is 67.5 Å². The van der Waals surface area contributed by atoms with E-state index in [9.17, 15) is 0 Å². The fourth-order valence-corrected chi connectivity index (χ4v) is 6.00. The van der Waals surface area contributed by atoms with E-state index in [4.69, 9.17) is 13.3 Å². The highest BCUT2D eigenvalue weighted by atomic mass is 32.2. The van der Waals surface area contributed by atoms with Crippen molar-refractivity contribution in [3.05, 3.63) is 59.7 Å². The molecule has 2 aromatic carbocycles. The molecule has 0 amide bonds. The van der Waals surface area contributed by atoms with Crippen molar-refractivity contribution in [1.29, 1.82) is 0 Å². The summed E-state index contributed by atoms with van der Waals surface area (Å²) in [6, 6.07) is 18.6. The smallest absolute Gasteiger partial charge is 0.377 e. The first kappa shape index (κ1) is 23.1. The van der Waals surface area contributed by atoms with Gasteiger partial charge in [0.25, 0.3) is 0 Å². The molecule has 0 saturated carbocycles. The number of thioether (sulfide) groups is 1. The van der Waals surface area contributed by atoms with Crippen LogP contribution in [-0.2, 0) is 25.6 Å². The normalized spacial score (nSPS) is 11.9. The highest BCUT2D eigenvalue weighted by molar-refractivity contribution is 7.98. The summed E-state index contributed by atoms with van der Waals surface area (Å²) < 4.78 is 16.4. The fourth-order valence-electron chi connectivity index (χ4n) is 3.10. The van der Waals surface area contributed by atoms with E-state index in [-0.39, 0.29) is 0 Å². The first-order valence-corrected chi connectivity index (χ1v) is 12.7. The molecule has 0 unspecified atom stereocenters. The van der Waals surface area contributed by atoms with Gasteiger partial charge in [-0.15, -0.1) is 0 Å². The number of nitrogens with zero attached hydrogens (tertiary/aromatic N) is 1. The van der Waals surface area contributed by atoms with E-state index in [1.165, 1.54) is 22.3 Å². The van der Waals surface area contributed by atoms with Gasteiger partial charge < -0.3 is 18.2 Å². The SMILES string of the molecule is CO[Si](CCCSCc1ccc(-c2ccc(CN(C)C)cc2)cc1)(OC)OC. The average molecular weight is 420 g/mol. The molecule has 0 aliphatic heterocycles. The van der Waals surface area contributed by atoms with Crippen LogP contribution in [-0.4, -0.2) is 54.9 Å². The zero-order valence-corrected chi connectivity index (χ0v) is 19.6. The summed E-state index contributed by atoms with van der Waals surface area (Å²) in [5.74, 6) is 2.09. The second-order valence-corrected chi connectivity index (χ2v) is 11.3. The van der Waals surface area contributed by atoms with Crippen molar-refractivity contribution in [3.8, 4) is 11.1 Å². The van der Waals surface area contributed by atoms with Gasteiger partial charge in [-0.1, -0.05) is 48.5 Å². The van der Waals surface area contributed by atoms with Gasteiger partial charge in [0, 0.05) is 39.7 Å². The lowest BCUT2D eigenvalue weighted by molar-refractivity contribution is 0.123. The standard InChI is InChI=1S/C22H33NO3SSi/c1-23(2)17-19-7-11-21(12-8-19)22-13-9-20(10-14-22)18-27-15-6-16-28(24-3,25-4)26-5/h7-14H,6,15-18H2,1-5H3. The predicted octanol–water partition coefficient (Wildman–Crippen LogP) is 4.92. The van der Waals surface area contributed by atoms with Crippen LogP contribution in [0.3, 0.4) is 0 Å². The Balaban J connectivity index is 1.80. The molecule has 2 aromatic rings. The molecule has 0 atom stereocenters. The van der Waals surface area contributed by atoms with Gasteiger partial charge in [0.1, 0.15) is 0 Å². The summed E-state index contributed by atoms with van der Waals surface area (Å²) in [7, 11) is 6.78. The van der Waals surface area contributed by atoms with Crippen LogP contribution in [0.4, 0.5) is 0 Å². The van der Waals surface area contributed by atoms with Crippen LogP contribution in [0.2, 0.25) is 6.04 Å². The number of benzene rings is 2. The molecule has 0 fully saturated rings. The average Bonchev–Trinajstić information content (AvgIpc) is 2.72. The Morgan fingerprint density at radius 2 is 1.29 bits per heavy atom. The van der Waals surface area contributed by atoms with Crippen LogP contribution in [0.1, 0.15) is 17.5 Å². The molecule has 0 aliphatic rings. The number of rotatable bonds is 12. The molecule has 0 aliphatic carbocycles. The molecule has 0 heterocycles. The van der Waals surface area contributed by atoms with Crippen LogP contribution < -0.4 is 0 Å². The molecular weight excluding hydrogens is 386 g/mol. The Labute approximate surface area is 175 Å². The summed E-state index contributed by atoms with van der Waals surface area (Å²) in [5, 5.41) is 0. The number of hydrogen-bond acceptors (Lipinski definition) is 5. The van der Waals surface area contributed by atoms with Gasteiger partial charge in [-0.3, -0.25) is 0 Å². The quantitative estimate of drug-likeness (QED) is 0.360. The summed E-state index contributed by atoms with van der Waals surface area (Å²) in [5.41, 5.74) is 5.22. The third-order valence-electron chi connectivity index (χ3n) is 4.71. The third kappa shape index (κ3) is 7.03. The van der Waals surface area contributed by atoms with Gasteiger partial charge in [-0.2, -0.15) is 11.8 Å². The lowest BCUT2D eigenvalue weighted by Crippen LogP contribution is -2.42. The first-order valence-electron chi connectivity index (χ1n) is 9.58. The maximum Gasteiger partial charge on any atom is 0.500 e. The molecule has 0 radical (unpaired) electrons. The molecule has 154 valence electrons. The molecule has 6 heteroatoms. The van der Waals surface area contributed by atoms with E-state index in [0.29, 0.717) is 0 Å². The molecule has 4 nitrogen and oxygen atoms in total. The van der Waals surface area contributed by atoms with Crippen molar-refractivity contribution in [2.24, 2.45) is 0 Å². The second kappa shape index (κ2) is 11.8. The van der Waals surface area contributed by atoms with Crippen LogP contribution in [0.15, 0.2) is 48.5 Å². The van der Waals surface area contributed by atoms with Crippen LogP contribution in [0, 0.1) is 0 Å². The lowest BCUT2D eigenvalue weighted by Gasteiger charge is -2.24. The van der Waals surface area contributed by atoms with Crippen molar-refractivity contribution in [2.45, 2.75) is 24.8 Å². The second-order valence-electron chi connectivity index (χ2n) is 7.08. The highest BCUT2D eigenvalue weighted by Gasteiger charge is 2.36. The molecule has 0 saturated heterocycles.